The summed E-state index contributed by atoms with van der Waals surface area (Å²) in [6.07, 6.45) is -4.77. The van der Waals surface area contributed by atoms with Crippen molar-refractivity contribution in [2.75, 3.05) is 18.8 Å². The lowest BCUT2D eigenvalue weighted by molar-refractivity contribution is -0.137. The maximum Gasteiger partial charge on any atom is 0.416 e. The molecule has 1 aromatic rings. The highest BCUT2D eigenvalue weighted by Gasteiger charge is 2.33. The van der Waals surface area contributed by atoms with Crippen LogP contribution in [0.5, 0.6) is 0 Å². The van der Waals surface area contributed by atoms with Gasteiger partial charge >= 0.3 is 6.18 Å². The van der Waals surface area contributed by atoms with E-state index < -0.39 is 42.5 Å². The fraction of sp³-hybridized carbons (Fsp3) is 0.500. The van der Waals surface area contributed by atoms with E-state index in [9.17, 15) is 34.4 Å². The zero-order valence-electron chi connectivity index (χ0n) is 12.5. The fourth-order valence-corrected chi connectivity index (χ4v) is 3.42. The van der Waals surface area contributed by atoms with E-state index in [1.165, 1.54) is 6.92 Å². The van der Waals surface area contributed by atoms with E-state index in [2.05, 4.69) is 4.72 Å². The number of nitrogens with one attached hydrogen (secondary N) is 2. The smallest absolute Gasteiger partial charge is 0.215 e. The van der Waals surface area contributed by atoms with Crippen molar-refractivity contribution in [2.45, 2.75) is 24.4 Å². The van der Waals surface area contributed by atoms with Gasteiger partial charge in [0, 0.05) is 13.1 Å². The van der Waals surface area contributed by atoms with Gasteiger partial charge in [-0.25, -0.2) is 30.7 Å². The van der Waals surface area contributed by atoms with Crippen molar-refractivity contribution in [1.82, 2.24) is 9.44 Å². The monoisotopic (exact) mass is 392 g/mol. The van der Waals surface area contributed by atoms with Gasteiger partial charge in [0.1, 0.15) is 10.7 Å². The molecule has 0 radical (unpaired) electrons. The second-order valence-corrected chi connectivity index (χ2v) is 8.52. The molecule has 6 nitrogen and oxygen atoms in total. The average molecular weight is 392 g/mol. The van der Waals surface area contributed by atoms with Crippen LogP contribution in [0, 0.1) is 5.82 Å². The van der Waals surface area contributed by atoms with Gasteiger partial charge in [-0.1, -0.05) is 0 Å². The standard InChI is InChI=1S/C12H16F4N2O4S2/c1-2-23(19,20)17-6-3-7-18-24(21,22)11-8-9(12(14,15)16)4-5-10(11)13/h4-5,8,17-18H,2-3,6-7H2,1H3. The zero-order valence-corrected chi connectivity index (χ0v) is 14.2. The first-order chi connectivity index (χ1) is 10.9. The van der Waals surface area contributed by atoms with E-state index in [0.717, 1.165) is 0 Å². The van der Waals surface area contributed by atoms with Crippen molar-refractivity contribution in [1.29, 1.82) is 0 Å². The van der Waals surface area contributed by atoms with Crippen LogP contribution in [0.15, 0.2) is 23.1 Å². The van der Waals surface area contributed by atoms with Gasteiger partial charge in [0.15, 0.2) is 0 Å². The van der Waals surface area contributed by atoms with Crippen molar-refractivity contribution in [3.05, 3.63) is 29.6 Å². The molecule has 12 heteroatoms. The van der Waals surface area contributed by atoms with Crippen molar-refractivity contribution < 1.29 is 34.4 Å². The number of rotatable bonds is 8. The number of halogens is 4. The molecule has 1 rings (SSSR count). The minimum absolute atomic E-state index is 0.0407. The number of sulfonamides is 2. The fourth-order valence-electron chi connectivity index (χ4n) is 1.59. The lowest BCUT2D eigenvalue weighted by Crippen LogP contribution is -2.31. The molecule has 0 aliphatic heterocycles. The predicted octanol–water partition coefficient (Wildman–Crippen LogP) is 1.45. The molecule has 0 saturated heterocycles. The molecular formula is C12H16F4N2O4S2. The maximum absolute atomic E-state index is 13.6. The number of benzene rings is 1. The van der Waals surface area contributed by atoms with Crippen LogP contribution < -0.4 is 9.44 Å². The van der Waals surface area contributed by atoms with Gasteiger partial charge in [0.2, 0.25) is 20.0 Å². The summed E-state index contributed by atoms with van der Waals surface area (Å²) in [6, 6.07) is 1.07. The SMILES string of the molecule is CCS(=O)(=O)NCCCNS(=O)(=O)c1cc(C(F)(F)F)ccc1F. The molecule has 0 aromatic heterocycles. The summed E-state index contributed by atoms with van der Waals surface area (Å²) in [5.74, 6) is -1.46. The molecule has 24 heavy (non-hydrogen) atoms. The molecular weight excluding hydrogens is 376 g/mol. The highest BCUT2D eigenvalue weighted by Crippen LogP contribution is 2.31. The Hall–Kier alpha value is -1.24. The maximum atomic E-state index is 13.6. The summed E-state index contributed by atoms with van der Waals surface area (Å²) in [7, 11) is -7.93. The Bertz CT molecular complexity index is 777. The molecule has 2 N–H and O–H groups in total. The van der Waals surface area contributed by atoms with E-state index >= 15 is 0 Å². The van der Waals surface area contributed by atoms with Gasteiger partial charge in [-0.05, 0) is 31.5 Å². The minimum Gasteiger partial charge on any atom is -0.215 e. The predicted molar refractivity (Wildman–Crippen MR) is 78.7 cm³/mol. The molecule has 138 valence electrons. The van der Waals surface area contributed by atoms with Crippen molar-refractivity contribution >= 4 is 20.0 Å². The summed E-state index contributed by atoms with van der Waals surface area (Å²) in [5.41, 5.74) is -1.29. The van der Waals surface area contributed by atoms with Crippen molar-refractivity contribution in [3.8, 4) is 0 Å². The Labute approximate surface area is 137 Å². The first-order valence-corrected chi connectivity index (χ1v) is 9.86. The topological polar surface area (TPSA) is 92.3 Å². The summed E-state index contributed by atoms with van der Waals surface area (Å²) in [6.45, 7) is 1.08. The third-order valence-corrected chi connectivity index (χ3v) is 5.78. The van der Waals surface area contributed by atoms with Crippen LogP contribution in [0.4, 0.5) is 17.6 Å². The minimum atomic E-state index is -4.81. The molecule has 0 aliphatic carbocycles. The Morgan fingerprint density at radius 2 is 1.62 bits per heavy atom. The van der Waals surface area contributed by atoms with Crippen LogP contribution in [-0.4, -0.2) is 35.7 Å². The van der Waals surface area contributed by atoms with Gasteiger partial charge in [0.05, 0.1) is 11.3 Å². The van der Waals surface area contributed by atoms with E-state index in [4.69, 9.17) is 0 Å². The van der Waals surface area contributed by atoms with Crippen molar-refractivity contribution in [3.63, 3.8) is 0 Å². The number of hydrogen-bond donors (Lipinski definition) is 2. The van der Waals surface area contributed by atoms with Crippen LogP contribution >= 0.6 is 0 Å². The lowest BCUT2D eigenvalue weighted by atomic mass is 10.2. The normalized spacial score (nSPS) is 13.2. The summed E-state index contributed by atoms with van der Waals surface area (Å²) < 4.78 is 102. The van der Waals surface area contributed by atoms with Gasteiger partial charge < -0.3 is 0 Å². The summed E-state index contributed by atoms with van der Waals surface area (Å²) >= 11 is 0. The molecule has 0 spiro atoms. The van der Waals surface area contributed by atoms with Gasteiger partial charge in [-0.2, -0.15) is 13.2 Å². The Morgan fingerprint density at radius 1 is 1.04 bits per heavy atom. The molecule has 0 atom stereocenters. The Balaban J connectivity index is 2.76. The van der Waals surface area contributed by atoms with Crippen LogP contribution in [0.2, 0.25) is 0 Å². The molecule has 0 fully saturated rings. The highest BCUT2D eigenvalue weighted by molar-refractivity contribution is 7.89. The first-order valence-electron chi connectivity index (χ1n) is 6.73. The zero-order chi connectivity index (χ0) is 18.6. The van der Waals surface area contributed by atoms with E-state index in [1.54, 1.807) is 0 Å². The largest absolute Gasteiger partial charge is 0.416 e. The Kier molecular flexibility index (Phi) is 6.73. The van der Waals surface area contributed by atoms with E-state index in [-0.39, 0.29) is 31.3 Å². The van der Waals surface area contributed by atoms with Crippen molar-refractivity contribution in [2.24, 2.45) is 0 Å². The van der Waals surface area contributed by atoms with Gasteiger partial charge in [-0.15, -0.1) is 0 Å². The first kappa shape index (κ1) is 20.8. The molecule has 1 aromatic carbocycles. The second kappa shape index (κ2) is 7.76. The lowest BCUT2D eigenvalue weighted by Gasteiger charge is -2.11. The third-order valence-electron chi connectivity index (χ3n) is 2.90. The van der Waals surface area contributed by atoms with Gasteiger partial charge in [0.25, 0.3) is 0 Å². The molecule has 0 heterocycles. The molecule has 0 bridgehead atoms. The molecule has 0 amide bonds. The van der Waals surface area contributed by atoms with E-state index in [0.29, 0.717) is 12.1 Å². The van der Waals surface area contributed by atoms with E-state index in [1.807, 2.05) is 4.72 Å². The van der Waals surface area contributed by atoms with Gasteiger partial charge in [-0.3, -0.25) is 0 Å². The van der Waals surface area contributed by atoms with Crippen LogP contribution in [0.3, 0.4) is 0 Å². The second-order valence-electron chi connectivity index (χ2n) is 4.69. The van der Waals surface area contributed by atoms with Crippen LogP contribution in [0.1, 0.15) is 18.9 Å². The molecule has 0 aliphatic rings. The third kappa shape index (κ3) is 6.00. The average Bonchev–Trinajstić information content (AvgIpc) is 2.45. The summed E-state index contributed by atoms with van der Waals surface area (Å²) in [4.78, 5) is -1.12. The highest BCUT2D eigenvalue weighted by atomic mass is 32.2. The number of alkyl halides is 3. The number of hydrogen-bond acceptors (Lipinski definition) is 4. The molecule has 0 saturated carbocycles. The quantitative estimate of drug-likeness (QED) is 0.517. The summed E-state index contributed by atoms with van der Waals surface area (Å²) in [5, 5.41) is 0. The van der Waals surface area contributed by atoms with Crippen LogP contribution in [-0.2, 0) is 26.2 Å². The molecule has 0 unspecified atom stereocenters. The van der Waals surface area contributed by atoms with Crippen LogP contribution in [0.25, 0.3) is 0 Å². The Morgan fingerprint density at radius 3 is 2.17 bits per heavy atom.